The molecule has 0 bridgehead atoms. The monoisotopic (exact) mass is 474 g/mol. The minimum absolute atomic E-state index is 0.0446. The third kappa shape index (κ3) is 5.29. The molecule has 0 aromatic carbocycles. The summed E-state index contributed by atoms with van der Waals surface area (Å²) in [5, 5.41) is 2.64. The van der Waals surface area contributed by atoms with Crippen LogP contribution in [0.5, 0.6) is 0 Å². The van der Waals surface area contributed by atoms with Crippen molar-refractivity contribution < 1.29 is 22.1 Å². The molecule has 0 saturated heterocycles. The van der Waals surface area contributed by atoms with Gasteiger partial charge in [-0.3, -0.25) is 4.21 Å². The number of thiophene rings is 1. The van der Waals surface area contributed by atoms with Gasteiger partial charge < -0.3 is 21.5 Å². The number of pyridine rings is 1. The molecule has 0 fully saturated rings. The number of nitrogens with two attached hydrogens (primary N) is 2. The van der Waals surface area contributed by atoms with E-state index in [1.165, 1.54) is 19.5 Å². The van der Waals surface area contributed by atoms with E-state index in [1.807, 2.05) is 0 Å². The van der Waals surface area contributed by atoms with Crippen LogP contribution in [-0.2, 0) is 21.7 Å². The van der Waals surface area contributed by atoms with Crippen molar-refractivity contribution in [2.45, 2.75) is 16.8 Å². The molecule has 31 heavy (non-hydrogen) atoms. The fourth-order valence-electron chi connectivity index (χ4n) is 2.80. The Morgan fingerprint density at radius 3 is 2.61 bits per heavy atom. The van der Waals surface area contributed by atoms with Gasteiger partial charge in [0.15, 0.2) is 0 Å². The van der Waals surface area contributed by atoms with E-state index >= 15 is 0 Å². The van der Waals surface area contributed by atoms with E-state index in [0.717, 1.165) is 17.4 Å². The van der Waals surface area contributed by atoms with Crippen LogP contribution in [-0.4, -0.2) is 51.7 Å². The number of methoxy groups -OCH3 is 1. The lowest BCUT2D eigenvalue weighted by Crippen LogP contribution is -2.14. The number of nitrogen functional groups attached to an aromatic ring is 1. The van der Waals surface area contributed by atoms with Gasteiger partial charge in [0, 0.05) is 55.9 Å². The number of anilines is 2. The van der Waals surface area contributed by atoms with E-state index in [1.54, 1.807) is 0 Å². The van der Waals surface area contributed by atoms with E-state index in [4.69, 9.17) is 16.2 Å². The number of hydrogen-bond acceptors (Lipinski definition) is 9. The van der Waals surface area contributed by atoms with Crippen molar-refractivity contribution in [2.24, 2.45) is 5.73 Å². The van der Waals surface area contributed by atoms with Crippen LogP contribution in [0.3, 0.4) is 0 Å². The molecule has 3 aromatic heterocycles. The van der Waals surface area contributed by atoms with Gasteiger partial charge in [-0.15, -0.1) is 11.3 Å². The number of fused-ring (bicyclic) bond motifs is 1. The molecule has 168 valence electrons. The van der Waals surface area contributed by atoms with E-state index in [0.29, 0.717) is 37.6 Å². The summed E-state index contributed by atoms with van der Waals surface area (Å²) in [6, 6.07) is 0.911. The SMILES string of the molecule is COCCCS(=O)c1sc2nc(-c3cnc(NCCN)nc3)cc(C(F)(F)F)c2c1N. The van der Waals surface area contributed by atoms with Crippen molar-refractivity contribution >= 4 is 44.0 Å². The number of alkyl halides is 3. The zero-order valence-corrected chi connectivity index (χ0v) is 18.2. The van der Waals surface area contributed by atoms with Crippen LogP contribution in [0.15, 0.2) is 22.7 Å². The fourth-order valence-corrected chi connectivity index (χ4v) is 5.43. The Bertz CT molecular complexity index is 1070. The third-order valence-corrected chi connectivity index (χ3v) is 7.23. The molecule has 3 rings (SSSR count). The van der Waals surface area contributed by atoms with Gasteiger partial charge in [0.2, 0.25) is 5.95 Å². The van der Waals surface area contributed by atoms with Crippen LogP contribution < -0.4 is 16.8 Å². The predicted octanol–water partition coefficient (Wildman–Crippen LogP) is 2.87. The predicted molar refractivity (Wildman–Crippen MR) is 115 cm³/mol. The lowest BCUT2D eigenvalue weighted by atomic mass is 10.1. The van der Waals surface area contributed by atoms with Crippen LogP contribution in [0.2, 0.25) is 0 Å². The van der Waals surface area contributed by atoms with Gasteiger partial charge in [-0.2, -0.15) is 13.2 Å². The maximum atomic E-state index is 13.8. The Balaban J connectivity index is 2.06. The summed E-state index contributed by atoms with van der Waals surface area (Å²) in [5.74, 6) is 0.532. The summed E-state index contributed by atoms with van der Waals surface area (Å²) >= 11 is 0.899. The average molecular weight is 475 g/mol. The summed E-state index contributed by atoms with van der Waals surface area (Å²) in [5.41, 5.74) is 10.7. The first-order valence-corrected chi connectivity index (χ1v) is 11.3. The van der Waals surface area contributed by atoms with Crippen molar-refractivity contribution in [1.82, 2.24) is 15.0 Å². The molecule has 1 unspecified atom stereocenters. The highest BCUT2D eigenvalue weighted by Gasteiger charge is 2.36. The van der Waals surface area contributed by atoms with Crippen molar-refractivity contribution in [3.8, 4) is 11.3 Å². The molecule has 5 N–H and O–H groups in total. The average Bonchev–Trinajstić information content (AvgIpc) is 3.08. The minimum atomic E-state index is -4.68. The van der Waals surface area contributed by atoms with Gasteiger partial charge >= 0.3 is 6.18 Å². The Hall–Kier alpha value is -2.35. The van der Waals surface area contributed by atoms with Crippen LogP contribution in [0.25, 0.3) is 21.5 Å². The zero-order chi connectivity index (χ0) is 22.6. The highest BCUT2D eigenvalue weighted by atomic mass is 32.2. The van der Waals surface area contributed by atoms with E-state index < -0.39 is 22.5 Å². The van der Waals surface area contributed by atoms with Crippen LogP contribution in [0.1, 0.15) is 12.0 Å². The first-order chi connectivity index (χ1) is 14.8. The normalized spacial score (nSPS) is 12.9. The molecule has 0 spiro atoms. The summed E-state index contributed by atoms with van der Waals surface area (Å²) in [7, 11) is -0.0426. The summed E-state index contributed by atoms with van der Waals surface area (Å²) in [6.07, 6.45) is -1.44. The second-order valence-electron chi connectivity index (χ2n) is 6.44. The molecular weight excluding hydrogens is 453 g/mol. The Morgan fingerprint density at radius 1 is 1.29 bits per heavy atom. The Labute approximate surface area is 182 Å². The first kappa shape index (κ1) is 23.3. The summed E-state index contributed by atoms with van der Waals surface area (Å²) < 4.78 is 59.2. The molecule has 0 aliphatic heterocycles. The van der Waals surface area contributed by atoms with Crippen molar-refractivity contribution in [3.63, 3.8) is 0 Å². The minimum Gasteiger partial charge on any atom is -0.396 e. The topological polar surface area (TPSA) is 129 Å². The second kappa shape index (κ2) is 9.85. The van der Waals surface area contributed by atoms with Crippen molar-refractivity contribution in [2.75, 3.05) is 43.6 Å². The summed E-state index contributed by atoms with van der Waals surface area (Å²) in [4.78, 5) is 12.5. The van der Waals surface area contributed by atoms with E-state index in [2.05, 4.69) is 20.3 Å². The summed E-state index contributed by atoms with van der Waals surface area (Å²) in [6.45, 7) is 1.23. The molecule has 13 heteroatoms. The number of rotatable bonds is 9. The molecule has 3 heterocycles. The zero-order valence-electron chi connectivity index (χ0n) is 16.5. The molecule has 1 atom stereocenters. The number of hydrogen-bond donors (Lipinski definition) is 3. The molecule has 0 aliphatic carbocycles. The number of nitrogens with one attached hydrogen (secondary N) is 1. The first-order valence-electron chi connectivity index (χ1n) is 9.20. The smallest absolute Gasteiger partial charge is 0.396 e. The molecule has 3 aromatic rings. The van der Waals surface area contributed by atoms with Crippen LogP contribution in [0, 0.1) is 0 Å². The standard InChI is InChI=1S/C18H21F3N6O2S2/c1-29-5-2-6-31(28)16-14(23)13-11(18(19,20)21)7-12(27-15(13)30-16)10-8-25-17(26-9-10)24-4-3-22/h7-9H,2-6,22-23H2,1H3,(H,24,25,26). The van der Waals surface area contributed by atoms with E-state index in [9.17, 15) is 17.4 Å². The molecule has 0 radical (unpaired) electrons. The van der Waals surface area contributed by atoms with Gasteiger partial charge in [0.25, 0.3) is 0 Å². The van der Waals surface area contributed by atoms with Crippen molar-refractivity contribution in [3.05, 3.63) is 24.0 Å². The van der Waals surface area contributed by atoms with Gasteiger partial charge in [-0.05, 0) is 12.5 Å². The maximum Gasteiger partial charge on any atom is 0.417 e. The number of nitrogens with zero attached hydrogens (tertiary/aromatic N) is 3. The van der Waals surface area contributed by atoms with Crippen LogP contribution in [0.4, 0.5) is 24.8 Å². The second-order valence-corrected chi connectivity index (χ2v) is 9.21. The van der Waals surface area contributed by atoms with Crippen LogP contribution >= 0.6 is 11.3 Å². The molecule has 0 aliphatic rings. The molecule has 8 nitrogen and oxygen atoms in total. The quantitative estimate of drug-likeness (QED) is 0.404. The lowest BCUT2D eigenvalue weighted by Gasteiger charge is -2.11. The highest BCUT2D eigenvalue weighted by Crippen LogP contribution is 2.44. The van der Waals surface area contributed by atoms with E-state index in [-0.39, 0.29) is 31.6 Å². The lowest BCUT2D eigenvalue weighted by molar-refractivity contribution is -0.136. The number of halogens is 3. The third-order valence-electron chi connectivity index (χ3n) is 4.23. The van der Waals surface area contributed by atoms with Crippen molar-refractivity contribution in [1.29, 1.82) is 0 Å². The molecular formula is C18H21F3N6O2S2. The number of aromatic nitrogens is 3. The Kier molecular flexibility index (Phi) is 7.41. The van der Waals surface area contributed by atoms with Gasteiger partial charge in [-0.25, -0.2) is 15.0 Å². The highest BCUT2D eigenvalue weighted by molar-refractivity contribution is 7.87. The molecule has 0 amide bonds. The fraction of sp³-hybridized carbons (Fsp3) is 0.389. The van der Waals surface area contributed by atoms with Gasteiger partial charge in [0.1, 0.15) is 9.04 Å². The van der Waals surface area contributed by atoms with Gasteiger partial charge in [-0.1, -0.05) is 0 Å². The Morgan fingerprint density at radius 2 is 2.00 bits per heavy atom. The molecule has 0 saturated carbocycles. The number of ether oxygens (including phenoxy) is 1. The largest absolute Gasteiger partial charge is 0.417 e. The van der Waals surface area contributed by atoms with Gasteiger partial charge in [0.05, 0.1) is 27.7 Å². The maximum absolute atomic E-state index is 13.8.